The van der Waals surface area contributed by atoms with Crippen LogP contribution >= 0.6 is 11.6 Å². The normalized spacial score (nSPS) is 13.2. The summed E-state index contributed by atoms with van der Waals surface area (Å²) in [6.45, 7) is 2.04. The lowest BCUT2D eigenvalue weighted by Crippen LogP contribution is -1.95. The minimum Gasteiger partial charge on any atom is -0.303 e. The van der Waals surface area contributed by atoms with E-state index in [0.717, 1.165) is 12.7 Å². The van der Waals surface area contributed by atoms with Crippen molar-refractivity contribution in [3.63, 3.8) is 0 Å². The predicted octanol–water partition coefficient (Wildman–Crippen LogP) is 1.84. The van der Waals surface area contributed by atoms with Gasteiger partial charge in [0.2, 0.25) is 0 Å². The van der Waals surface area contributed by atoms with Crippen molar-refractivity contribution < 1.29 is 4.79 Å². The average Bonchev–Trinajstić information content (AvgIpc) is 1.83. The summed E-state index contributed by atoms with van der Waals surface area (Å²) >= 11 is 5.47. The Morgan fingerprint density at radius 2 is 2.38 bits per heavy atom. The Morgan fingerprint density at radius 3 is 2.75 bits per heavy atom. The van der Waals surface area contributed by atoms with Crippen molar-refractivity contribution in [2.24, 2.45) is 5.92 Å². The van der Waals surface area contributed by atoms with Crippen molar-refractivity contribution >= 4 is 17.9 Å². The lowest BCUT2D eigenvalue weighted by atomic mass is 10.1. The van der Waals surface area contributed by atoms with E-state index in [1.807, 2.05) is 6.92 Å². The lowest BCUT2D eigenvalue weighted by Gasteiger charge is -2.00. The van der Waals surface area contributed by atoms with Crippen LogP contribution in [0.3, 0.4) is 0 Å². The van der Waals surface area contributed by atoms with Crippen LogP contribution in [0.2, 0.25) is 0 Å². The number of hydrogen-bond donors (Lipinski definition) is 0. The van der Waals surface area contributed by atoms with Crippen molar-refractivity contribution in [3.05, 3.63) is 0 Å². The highest BCUT2D eigenvalue weighted by atomic mass is 35.5. The third-order valence-corrected chi connectivity index (χ3v) is 1.57. The quantitative estimate of drug-likeness (QED) is 0.424. The van der Waals surface area contributed by atoms with E-state index in [0.29, 0.717) is 18.2 Å². The Bertz CT molecular complexity index is 63.5. The summed E-state index contributed by atoms with van der Waals surface area (Å²) in [7, 11) is 0. The van der Waals surface area contributed by atoms with Crippen LogP contribution in [-0.2, 0) is 4.79 Å². The average molecular weight is 135 g/mol. The largest absolute Gasteiger partial charge is 0.303 e. The third-order valence-electron chi connectivity index (χ3n) is 1.04. The molecule has 1 nitrogen and oxygen atoms in total. The molecule has 0 rings (SSSR count). The highest BCUT2D eigenvalue weighted by molar-refractivity contribution is 6.18. The first kappa shape index (κ1) is 7.96. The Labute approximate surface area is 55.0 Å². The van der Waals surface area contributed by atoms with Gasteiger partial charge < -0.3 is 4.79 Å². The predicted molar refractivity (Wildman–Crippen MR) is 35.2 cm³/mol. The molecule has 0 aromatic rings. The summed E-state index contributed by atoms with van der Waals surface area (Å²) in [6.07, 6.45) is 2.50. The van der Waals surface area contributed by atoms with Crippen molar-refractivity contribution in [1.29, 1.82) is 0 Å². The highest BCUT2D eigenvalue weighted by Crippen LogP contribution is 2.04. The molecule has 0 aliphatic rings. The maximum absolute atomic E-state index is 9.78. The second-order valence-electron chi connectivity index (χ2n) is 2.00. The van der Waals surface area contributed by atoms with Crippen LogP contribution < -0.4 is 0 Å². The zero-order valence-electron chi connectivity index (χ0n) is 5.06. The molecule has 0 heterocycles. The number of aldehydes is 1. The van der Waals surface area contributed by atoms with Crippen LogP contribution in [0, 0.1) is 5.92 Å². The van der Waals surface area contributed by atoms with Crippen molar-refractivity contribution in [2.45, 2.75) is 19.8 Å². The fourth-order valence-corrected chi connectivity index (χ4v) is 0.584. The number of carbonyl (C=O) groups excluding carboxylic acids is 1. The standard InChI is InChI=1S/C6H11ClO/c1-6(5-7)3-2-4-8/h4,6H,2-3,5H2,1H3. The molecule has 0 amide bonds. The summed E-state index contributed by atoms with van der Waals surface area (Å²) in [5.74, 6) is 1.15. The maximum atomic E-state index is 9.78. The van der Waals surface area contributed by atoms with Gasteiger partial charge in [0.25, 0.3) is 0 Å². The number of hydrogen-bond acceptors (Lipinski definition) is 1. The van der Waals surface area contributed by atoms with Gasteiger partial charge in [-0.05, 0) is 12.3 Å². The molecule has 2 heteroatoms. The van der Waals surface area contributed by atoms with E-state index in [4.69, 9.17) is 11.6 Å². The van der Waals surface area contributed by atoms with Gasteiger partial charge in [-0.2, -0.15) is 0 Å². The molecule has 0 N–H and O–H groups in total. The van der Waals surface area contributed by atoms with E-state index >= 15 is 0 Å². The summed E-state index contributed by atoms with van der Waals surface area (Å²) in [4.78, 5) is 9.78. The van der Waals surface area contributed by atoms with E-state index in [1.54, 1.807) is 0 Å². The first-order valence-electron chi connectivity index (χ1n) is 2.81. The summed E-state index contributed by atoms with van der Waals surface area (Å²) < 4.78 is 0. The van der Waals surface area contributed by atoms with Gasteiger partial charge in [-0.25, -0.2) is 0 Å². The van der Waals surface area contributed by atoms with Gasteiger partial charge in [-0.1, -0.05) is 6.92 Å². The number of halogens is 1. The monoisotopic (exact) mass is 134 g/mol. The zero-order valence-corrected chi connectivity index (χ0v) is 5.82. The molecule has 0 radical (unpaired) electrons. The summed E-state index contributed by atoms with van der Waals surface area (Å²) in [6, 6.07) is 0. The summed E-state index contributed by atoms with van der Waals surface area (Å²) in [5, 5.41) is 0. The Morgan fingerprint density at radius 1 is 1.75 bits per heavy atom. The maximum Gasteiger partial charge on any atom is 0.120 e. The van der Waals surface area contributed by atoms with Gasteiger partial charge in [-0.15, -0.1) is 11.6 Å². The van der Waals surface area contributed by atoms with E-state index in [1.165, 1.54) is 0 Å². The first-order valence-corrected chi connectivity index (χ1v) is 3.34. The van der Waals surface area contributed by atoms with Crippen LogP contribution in [0.1, 0.15) is 19.8 Å². The second-order valence-corrected chi connectivity index (χ2v) is 2.31. The molecule has 0 fully saturated rings. The molecule has 1 atom stereocenters. The highest BCUT2D eigenvalue weighted by Gasteiger charge is 1.96. The number of carbonyl (C=O) groups is 1. The molecule has 0 bridgehead atoms. The fourth-order valence-electron chi connectivity index (χ4n) is 0.430. The molecular formula is C6H11ClO. The van der Waals surface area contributed by atoms with E-state index in [9.17, 15) is 4.79 Å². The molecule has 0 aliphatic carbocycles. The minimum absolute atomic E-state index is 0.488. The molecule has 0 aromatic carbocycles. The van der Waals surface area contributed by atoms with Crippen molar-refractivity contribution in [2.75, 3.05) is 5.88 Å². The SMILES string of the molecule is CC(CCl)CCC=O. The van der Waals surface area contributed by atoms with E-state index in [2.05, 4.69) is 0 Å². The van der Waals surface area contributed by atoms with Crippen LogP contribution in [0.4, 0.5) is 0 Å². The molecule has 8 heavy (non-hydrogen) atoms. The van der Waals surface area contributed by atoms with Crippen LogP contribution in [0.5, 0.6) is 0 Å². The van der Waals surface area contributed by atoms with Crippen LogP contribution in [0.25, 0.3) is 0 Å². The second kappa shape index (κ2) is 5.10. The van der Waals surface area contributed by atoms with Crippen molar-refractivity contribution in [1.82, 2.24) is 0 Å². The molecule has 0 spiro atoms. The molecule has 0 aromatic heterocycles. The number of rotatable bonds is 4. The van der Waals surface area contributed by atoms with Crippen LogP contribution in [0.15, 0.2) is 0 Å². The lowest BCUT2D eigenvalue weighted by molar-refractivity contribution is -0.108. The molecule has 48 valence electrons. The minimum atomic E-state index is 0.488. The van der Waals surface area contributed by atoms with Crippen molar-refractivity contribution in [3.8, 4) is 0 Å². The third kappa shape index (κ3) is 4.13. The van der Waals surface area contributed by atoms with Gasteiger partial charge in [0.05, 0.1) is 0 Å². The zero-order chi connectivity index (χ0) is 6.41. The molecule has 0 saturated heterocycles. The van der Waals surface area contributed by atoms with Gasteiger partial charge >= 0.3 is 0 Å². The molecule has 0 saturated carbocycles. The first-order chi connectivity index (χ1) is 3.81. The molecular weight excluding hydrogens is 124 g/mol. The van der Waals surface area contributed by atoms with Gasteiger partial charge in [0, 0.05) is 12.3 Å². The Hall–Kier alpha value is -0.0400. The topological polar surface area (TPSA) is 17.1 Å². The molecule has 1 unspecified atom stereocenters. The summed E-state index contributed by atoms with van der Waals surface area (Å²) in [5.41, 5.74) is 0. The Kier molecular flexibility index (Phi) is 5.08. The van der Waals surface area contributed by atoms with E-state index in [-0.39, 0.29) is 0 Å². The van der Waals surface area contributed by atoms with Gasteiger partial charge in [-0.3, -0.25) is 0 Å². The van der Waals surface area contributed by atoms with E-state index < -0.39 is 0 Å². The Balaban J connectivity index is 2.97. The van der Waals surface area contributed by atoms with Gasteiger partial charge in [0.15, 0.2) is 0 Å². The van der Waals surface area contributed by atoms with Crippen LogP contribution in [-0.4, -0.2) is 12.2 Å². The smallest absolute Gasteiger partial charge is 0.120 e. The van der Waals surface area contributed by atoms with Gasteiger partial charge in [0.1, 0.15) is 6.29 Å². The number of alkyl halides is 1. The fraction of sp³-hybridized carbons (Fsp3) is 0.833. The molecule has 0 aliphatic heterocycles.